The highest BCUT2D eigenvalue weighted by molar-refractivity contribution is 7.98. The highest BCUT2D eigenvalue weighted by Gasteiger charge is 2.16. The molecule has 0 aliphatic carbocycles. The minimum absolute atomic E-state index is 0.153. The summed E-state index contributed by atoms with van der Waals surface area (Å²) in [4.78, 5) is 22.1. The Bertz CT molecular complexity index is 497. The summed E-state index contributed by atoms with van der Waals surface area (Å²) in [5, 5.41) is 11.3. The van der Waals surface area contributed by atoms with Crippen molar-refractivity contribution in [3.05, 3.63) is 29.8 Å². The third-order valence-corrected chi connectivity index (χ3v) is 3.33. The molecule has 0 unspecified atom stereocenters. The van der Waals surface area contributed by atoms with Crippen LogP contribution in [0.3, 0.4) is 0 Å². The van der Waals surface area contributed by atoms with Crippen LogP contribution < -0.4 is 5.32 Å². The lowest BCUT2D eigenvalue weighted by Gasteiger charge is -2.19. The van der Waals surface area contributed by atoms with E-state index < -0.39 is 17.7 Å². The van der Waals surface area contributed by atoms with Gasteiger partial charge in [-0.05, 0) is 38.5 Å². The van der Waals surface area contributed by atoms with Gasteiger partial charge in [-0.2, -0.15) is 11.8 Å². The number of benzene rings is 1. The minimum Gasteiger partial charge on any atom is -0.481 e. The maximum Gasteiger partial charge on any atom is 0.412 e. The van der Waals surface area contributed by atoms with Crippen molar-refractivity contribution in [2.75, 3.05) is 11.1 Å². The van der Waals surface area contributed by atoms with Gasteiger partial charge in [-0.25, -0.2) is 4.79 Å². The molecule has 0 spiro atoms. The Labute approximate surface area is 129 Å². The Morgan fingerprint density at radius 2 is 2.05 bits per heavy atom. The Morgan fingerprint density at radius 1 is 1.33 bits per heavy atom. The molecular formula is C15H21NO4S. The van der Waals surface area contributed by atoms with Gasteiger partial charge < -0.3 is 9.84 Å². The van der Waals surface area contributed by atoms with Crippen LogP contribution in [0.1, 0.15) is 32.8 Å². The molecule has 2 N–H and O–H groups in total. The van der Waals surface area contributed by atoms with E-state index in [0.717, 1.165) is 5.56 Å². The number of anilines is 1. The van der Waals surface area contributed by atoms with Crippen molar-refractivity contribution in [2.45, 2.75) is 38.5 Å². The summed E-state index contributed by atoms with van der Waals surface area (Å²) in [6.07, 6.45) is -0.335. The van der Waals surface area contributed by atoms with Crippen molar-refractivity contribution in [1.82, 2.24) is 0 Å². The number of hydrogen-bond acceptors (Lipinski definition) is 4. The SMILES string of the molecule is CC(C)(C)OC(=O)Nc1cccc(CSCCC(=O)O)c1. The van der Waals surface area contributed by atoms with E-state index in [1.54, 1.807) is 17.8 Å². The van der Waals surface area contributed by atoms with Crippen LogP contribution in [-0.4, -0.2) is 28.5 Å². The molecule has 116 valence electrons. The number of carbonyl (C=O) groups excluding carboxylic acids is 1. The van der Waals surface area contributed by atoms with E-state index in [1.165, 1.54) is 0 Å². The van der Waals surface area contributed by atoms with Crippen LogP contribution in [-0.2, 0) is 15.3 Å². The molecule has 0 saturated heterocycles. The standard InChI is InChI=1S/C15H21NO4S/c1-15(2,3)20-14(19)16-12-6-4-5-11(9-12)10-21-8-7-13(17)18/h4-6,9H,7-8,10H2,1-3H3,(H,16,19)(H,17,18). The zero-order chi connectivity index (χ0) is 15.9. The summed E-state index contributed by atoms with van der Waals surface area (Å²) in [7, 11) is 0. The molecule has 0 bridgehead atoms. The second-order valence-corrected chi connectivity index (χ2v) is 6.63. The van der Waals surface area contributed by atoms with Gasteiger partial charge in [0, 0.05) is 17.2 Å². The summed E-state index contributed by atoms with van der Waals surface area (Å²) in [6.45, 7) is 5.42. The average molecular weight is 311 g/mol. The zero-order valence-corrected chi connectivity index (χ0v) is 13.3. The van der Waals surface area contributed by atoms with Crippen molar-refractivity contribution in [3.63, 3.8) is 0 Å². The number of aliphatic carboxylic acids is 1. The number of carbonyl (C=O) groups is 2. The fourth-order valence-electron chi connectivity index (χ4n) is 1.51. The lowest BCUT2D eigenvalue weighted by Crippen LogP contribution is -2.27. The molecule has 1 amide bonds. The van der Waals surface area contributed by atoms with Gasteiger partial charge in [0.2, 0.25) is 0 Å². The van der Waals surface area contributed by atoms with Gasteiger partial charge >= 0.3 is 12.1 Å². The summed E-state index contributed by atoms with van der Waals surface area (Å²) in [5.74, 6) is 0.485. The van der Waals surface area contributed by atoms with Gasteiger partial charge in [-0.3, -0.25) is 10.1 Å². The lowest BCUT2D eigenvalue weighted by molar-refractivity contribution is -0.136. The van der Waals surface area contributed by atoms with E-state index >= 15 is 0 Å². The Balaban J connectivity index is 2.48. The summed E-state index contributed by atoms with van der Waals surface area (Å²) >= 11 is 1.55. The van der Waals surface area contributed by atoms with E-state index in [2.05, 4.69) is 5.32 Å². The number of hydrogen-bond donors (Lipinski definition) is 2. The van der Waals surface area contributed by atoms with E-state index in [0.29, 0.717) is 17.2 Å². The number of carboxylic acid groups (broad SMARTS) is 1. The predicted molar refractivity (Wildman–Crippen MR) is 84.7 cm³/mol. The molecule has 1 aromatic rings. The molecule has 0 aliphatic rings. The van der Waals surface area contributed by atoms with Crippen LogP contribution in [0.25, 0.3) is 0 Å². The fraction of sp³-hybridized carbons (Fsp3) is 0.467. The highest BCUT2D eigenvalue weighted by atomic mass is 32.2. The molecule has 0 saturated carbocycles. The molecule has 6 heteroatoms. The molecule has 0 fully saturated rings. The molecule has 1 aromatic carbocycles. The van der Waals surface area contributed by atoms with Crippen LogP contribution >= 0.6 is 11.8 Å². The van der Waals surface area contributed by atoms with Gasteiger partial charge in [0.15, 0.2) is 0 Å². The van der Waals surface area contributed by atoms with E-state index in [-0.39, 0.29) is 6.42 Å². The molecule has 21 heavy (non-hydrogen) atoms. The summed E-state index contributed by atoms with van der Waals surface area (Å²) < 4.78 is 5.19. The van der Waals surface area contributed by atoms with Gasteiger partial charge in [-0.15, -0.1) is 0 Å². The Kier molecular flexibility index (Phi) is 6.55. The molecule has 0 aliphatic heterocycles. The highest BCUT2D eigenvalue weighted by Crippen LogP contribution is 2.18. The third-order valence-electron chi connectivity index (χ3n) is 2.30. The normalized spacial score (nSPS) is 11.0. The molecule has 1 rings (SSSR count). The number of ether oxygens (including phenoxy) is 1. The summed E-state index contributed by atoms with van der Waals surface area (Å²) in [6, 6.07) is 7.43. The first-order valence-corrected chi connectivity index (χ1v) is 7.80. The molecule has 5 nitrogen and oxygen atoms in total. The van der Waals surface area contributed by atoms with E-state index in [1.807, 2.05) is 39.0 Å². The van der Waals surface area contributed by atoms with E-state index in [9.17, 15) is 9.59 Å². The van der Waals surface area contributed by atoms with Crippen molar-refractivity contribution in [1.29, 1.82) is 0 Å². The van der Waals surface area contributed by atoms with Crippen LogP contribution in [0.4, 0.5) is 10.5 Å². The largest absolute Gasteiger partial charge is 0.481 e. The molecule has 0 atom stereocenters. The minimum atomic E-state index is -0.789. The van der Waals surface area contributed by atoms with Crippen LogP contribution in [0, 0.1) is 0 Å². The monoisotopic (exact) mass is 311 g/mol. The first-order valence-electron chi connectivity index (χ1n) is 6.65. The maximum atomic E-state index is 11.7. The quantitative estimate of drug-likeness (QED) is 0.783. The smallest absolute Gasteiger partial charge is 0.412 e. The van der Waals surface area contributed by atoms with Gasteiger partial charge in [0.1, 0.15) is 5.60 Å². The van der Waals surface area contributed by atoms with Crippen molar-refractivity contribution in [2.24, 2.45) is 0 Å². The van der Waals surface area contributed by atoms with Gasteiger partial charge in [0.25, 0.3) is 0 Å². The predicted octanol–water partition coefficient (Wildman–Crippen LogP) is 3.74. The second kappa shape index (κ2) is 7.93. The number of nitrogens with one attached hydrogen (secondary N) is 1. The molecule has 0 radical (unpaired) electrons. The topological polar surface area (TPSA) is 75.6 Å². The zero-order valence-electron chi connectivity index (χ0n) is 12.5. The van der Waals surface area contributed by atoms with Crippen molar-refractivity contribution < 1.29 is 19.4 Å². The van der Waals surface area contributed by atoms with Crippen LogP contribution in [0.15, 0.2) is 24.3 Å². The fourth-order valence-corrected chi connectivity index (χ4v) is 2.39. The summed E-state index contributed by atoms with van der Waals surface area (Å²) in [5.41, 5.74) is 1.16. The van der Waals surface area contributed by atoms with Crippen LogP contribution in [0.5, 0.6) is 0 Å². The van der Waals surface area contributed by atoms with Crippen molar-refractivity contribution >= 4 is 29.5 Å². The van der Waals surface area contributed by atoms with Gasteiger partial charge in [-0.1, -0.05) is 12.1 Å². The third kappa shape index (κ3) is 8.24. The average Bonchev–Trinajstić information content (AvgIpc) is 2.32. The van der Waals surface area contributed by atoms with Crippen molar-refractivity contribution in [3.8, 4) is 0 Å². The maximum absolute atomic E-state index is 11.7. The lowest BCUT2D eigenvalue weighted by atomic mass is 10.2. The number of carboxylic acids is 1. The molecule has 0 heterocycles. The molecule has 0 aromatic heterocycles. The van der Waals surface area contributed by atoms with Crippen LogP contribution in [0.2, 0.25) is 0 Å². The Morgan fingerprint density at radius 3 is 2.67 bits per heavy atom. The second-order valence-electron chi connectivity index (χ2n) is 5.52. The number of thioether (sulfide) groups is 1. The Hall–Kier alpha value is -1.69. The van der Waals surface area contributed by atoms with Gasteiger partial charge in [0.05, 0.1) is 6.42 Å². The first-order chi connectivity index (χ1) is 9.76. The van der Waals surface area contributed by atoms with E-state index in [4.69, 9.17) is 9.84 Å². The number of amides is 1. The molecular weight excluding hydrogens is 290 g/mol. The first kappa shape index (κ1) is 17.4. The number of rotatable bonds is 6.